The van der Waals surface area contributed by atoms with E-state index in [-0.39, 0.29) is 61.3 Å². The topological polar surface area (TPSA) is 147 Å². The van der Waals surface area contributed by atoms with Crippen LogP contribution in [0.1, 0.15) is 53.1 Å². The molecule has 2 atom stereocenters. The summed E-state index contributed by atoms with van der Waals surface area (Å²) in [6, 6.07) is 4.36. The Kier molecular flexibility index (Phi) is 5.58. The summed E-state index contributed by atoms with van der Waals surface area (Å²) in [5.74, 6) is -1.53. The van der Waals surface area contributed by atoms with Crippen molar-refractivity contribution in [1.82, 2.24) is 35.4 Å². The molecule has 5 rings (SSSR count). The maximum Gasteiger partial charge on any atom is 0.276 e. The Hall–Kier alpha value is -4.09. The Morgan fingerprint density at radius 2 is 1.91 bits per heavy atom. The van der Waals surface area contributed by atoms with E-state index in [1.54, 1.807) is 18.2 Å². The quantitative estimate of drug-likeness (QED) is 0.569. The van der Waals surface area contributed by atoms with Crippen LogP contribution in [0.3, 0.4) is 0 Å². The molecule has 1 aromatic heterocycles. The number of hydrogen-bond acceptors (Lipinski definition) is 7. The second-order valence-electron chi connectivity index (χ2n) is 9.39. The van der Waals surface area contributed by atoms with Crippen LogP contribution in [-0.4, -0.2) is 79.5 Å². The molecule has 2 aromatic rings. The largest absolute Gasteiger partial charge is 0.350 e. The fraction of sp³-hybridized carbons (Fsp3) is 0.435. The molecule has 3 aliphatic rings. The van der Waals surface area contributed by atoms with Crippen LogP contribution in [-0.2, 0) is 20.9 Å². The Morgan fingerprint density at radius 3 is 2.66 bits per heavy atom. The molecule has 3 aliphatic heterocycles. The monoisotopic (exact) mass is 479 g/mol. The van der Waals surface area contributed by atoms with Gasteiger partial charge in [-0.15, -0.1) is 5.10 Å². The number of carbonyl (C=O) groups excluding carboxylic acids is 5. The van der Waals surface area contributed by atoms with Crippen molar-refractivity contribution < 1.29 is 24.0 Å². The first-order valence-corrected chi connectivity index (χ1v) is 11.5. The van der Waals surface area contributed by atoms with Crippen LogP contribution >= 0.6 is 0 Å². The fourth-order valence-corrected chi connectivity index (χ4v) is 4.64. The SMILES string of the molecule is CC(C)C1CN(C(=O)c2cn(-c3ccc4c(c3)C(=O)N(C3CCC(=O)NC3=O)C4)nn2)CC(=O)N1. The number of piperazine rings is 1. The van der Waals surface area contributed by atoms with E-state index in [2.05, 4.69) is 20.9 Å². The van der Waals surface area contributed by atoms with Crippen molar-refractivity contribution in [1.29, 1.82) is 0 Å². The molecule has 5 amide bonds. The molecule has 12 heteroatoms. The Labute approximate surface area is 200 Å². The third-order valence-electron chi connectivity index (χ3n) is 6.68. The Morgan fingerprint density at radius 1 is 1.11 bits per heavy atom. The van der Waals surface area contributed by atoms with Gasteiger partial charge in [-0.3, -0.25) is 29.3 Å². The van der Waals surface area contributed by atoms with Gasteiger partial charge in [-0.1, -0.05) is 25.1 Å². The lowest BCUT2D eigenvalue weighted by atomic mass is 10.0. The second kappa shape index (κ2) is 8.60. The van der Waals surface area contributed by atoms with Crippen molar-refractivity contribution >= 4 is 29.5 Å². The number of nitrogens with one attached hydrogen (secondary N) is 2. The minimum Gasteiger partial charge on any atom is -0.350 e. The number of carbonyl (C=O) groups is 5. The molecule has 0 spiro atoms. The highest BCUT2D eigenvalue weighted by Gasteiger charge is 2.39. The van der Waals surface area contributed by atoms with Crippen molar-refractivity contribution in [3.63, 3.8) is 0 Å². The number of amides is 5. The highest BCUT2D eigenvalue weighted by Crippen LogP contribution is 2.29. The standard InChI is InChI=1S/C23H25N7O5/c1-12(2)16-9-28(11-20(32)24-16)23(35)17-10-30(27-26-17)14-4-3-13-8-29(22(34)15(13)7-14)18-5-6-19(31)25-21(18)33/h3-4,7,10,12,16,18H,5-6,8-9,11H2,1-2H3,(H,24,32)(H,25,31,33). The summed E-state index contributed by atoms with van der Waals surface area (Å²) in [5.41, 5.74) is 1.83. The van der Waals surface area contributed by atoms with E-state index in [9.17, 15) is 24.0 Å². The van der Waals surface area contributed by atoms with Gasteiger partial charge in [-0.2, -0.15) is 0 Å². The van der Waals surface area contributed by atoms with E-state index in [4.69, 9.17) is 0 Å². The summed E-state index contributed by atoms with van der Waals surface area (Å²) in [5, 5.41) is 13.2. The van der Waals surface area contributed by atoms with Gasteiger partial charge < -0.3 is 15.1 Å². The molecule has 2 fully saturated rings. The predicted octanol–water partition coefficient (Wildman–Crippen LogP) is -0.375. The van der Waals surface area contributed by atoms with Gasteiger partial charge in [0.15, 0.2) is 5.69 Å². The lowest BCUT2D eigenvalue weighted by molar-refractivity contribution is -0.137. The zero-order chi connectivity index (χ0) is 24.9. The summed E-state index contributed by atoms with van der Waals surface area (Å²) >= 11 is 0. The van der Waals surface area contributed by atoms with Crippen LogP contribution in [0.2, 0.25) is 0 Å². The van der Waals surface area contributed by atoms with Crippen LogP contribution in [0.25, 0.3) is 5.69 Å². The third kappa shape index (κ3) is 4.15. The average Bonchev–Trinajstić information content (AvgIpc) is 3.43. The molecule has 12 nitrogen and oxygen atoms in total. The van der Waals surface area contributed by atoms with Gasteiger partial charge in [0.1, 0.15) is 6.04 Å². The summed E-state index contributed by atoms with van der Waals surface area (Å²) in [6.07, 6.45) is 1.95. The maximum atomic E-state index is 13.1. The van der Waals surface area contributed by atoms with Gasteiger partial charge >= 0.3 is 0 Å². The third-order valence-corrected chi connectivity index (χ3v) is 6.68. The Balaban J connectivity index is 1.33. The fourth-order valence-electron chi connectivity index (χ4n) is 4.64. The number of nitrogens with zero attached hydrogens (tertiary/aromatic N) is 5. The first kappa shape index (κ1) is 22.7. The average molecular weight is 479 g/mol. The minimum absolute atomic E-state index is 0.0432. The highest BCUT2D eigenvalue weighted by molar-refractivity contribution is 6.05. The zero-order valence-corrected chi connectivity index (χ0v) is 19.4. The van der Waals surface area contributed by atoms with Crippen molar-refractivity contribution in [2.45, 2.75) is 45.3 Å². The number of imide groups is 1. The normalized spacial score (nSPS) is 22.4. The molecule has 0 radical (unpaired) electrons. The summed E-state index contributed by atoms with van der Waals surface area (Å²) < 4.78 is 1.40. The molecule has 0 aliphatic carbocycles. The van der Waals surface area contributed by atoms with Crippen LogP contribution < -0.4 is 10.6 Å². The van der Waals surface area contributed by atoms with Crippen LogP contribution in [0.4, 0.5) is 0 Å². The first-order valence-electron chi connectivity index (χ1n) is 11.5. The predicted molar refractivity (Wildman–Crippen MR) is 120 cm³/mol. The van der Waals surface area contributed by atoms with E-state index in [0.717, 1.165) is 5.56 Å². The molecular weight excluding hydrogens is 454 g/mol. The molecular formula is C23H25N7O5. The van der Waals surface area contributed by atoms with Gasteiger partial charge in [-0.25, -0.2) is 4.68 Å². The van der Waals surface area contributed by atoms with Crippen LogP contribution in [0.5, 0.6) is 0 Å². The Bertz CT molecular complexity index is 1250. The van der Waals surface area contributed by atoms with Crippen molar-refractivity contribution in [3.05, 3.63) is 41.2 Å². The summed E-state index contributed by atoms with van der Waals surface area (Å²) in [7, 11) is 0. The molecule has 2 unspecified atom stereocenters. The van der Waals surface area contributed by atoms with Crippen LogP contribution in [0.15, 0.2) is 24.4 Å². The van der Waals surface area contributed by atoms with Gasteiger partial charge in [0.25, 0.3) is 11.8 Å². The highest BCUT2D eigenvalue weighted by atomic mass is 16.2. The lowest BCUT2D eigenvalue weighted by Gasteiger charge is -2.34. The molecule has 0 saturated carbocycles. The van der Waals surface area contributed by atoms with E-state index < -0.39 is 17.9 Å². The van der Waals surface area contributed by atoms with Gasteiger partial charge in [0.2, 0.25) is 17.7 Å². The molecule has 0 bridgehead atoms. The smallest absolute Gasteiger partial charge is 0.276 e. The van der Waals surface area contributed by atoms with Gasteiger partial charge in [0.05, 0.1) is 18.4 Å². The van der Waals surface area contributed by atoms with E-state index in [1.807, 2.05) is 13.8 Å². The maximum absolute atomic E-state index is 13.1. The molecule has 182 valence electrons. The second-order valence-corrected chi connectivity index (χ2v) is 9.39. The van der Waals surface area contributed by atoms with Gasteiger partial charge in [0, 0.05) is 31.1 Å². The number of fused-ring (bicyclic) bond motifs is 1. The number of rotatable bonds is 4. The number of aromatic nitrogens is 3. The van der Waals surface area contributed by atoms with Crippen molar-refractivity contribution in [2.24, 2.45) is 5.92 Å². The number of piperidine rings is 1. The zero-order valence-electron chi connectivity index (χ0n) is 19.4. The minimum atomic E-state index is -0.692. The summed E-state index contributed by atoms with van der Waals surface area (Å²) in [6.45, 7) is 4.57. The lowest BCUT2D eigenvalue weighted by Crippen LogP contribution is -2.57. The van der Waals surface area contributed by atoms with Gasteiger partial charge in [-0.05, 0) is 30.0 Å². The molecule has 1 aromatic carbocycles. The number of hydrogen-bond donors (Lipinski definition) is 2. The van der Waals surface area contributed by atoms with E-state index in [1.165, 1.54) is 20.7 Å². The van der Waals surface area contributed by atoms with E-state index in [0.29, 0.717) is 17.8 Å². The van der Waals surface area contributed by atoms with Crippen LogP contribution in [0, 0.1) is 5.92 Å². The summed E-state index contributed by atoms with van der Waals surface area (Å²) in [4.78, 5) is 64.7. The van der Waals surface area contributed by atoms with Crippen molar-refractivity contribution in [2.75, 3.05) is 13.1 Å². The molecule has 4 heterocycles. The van der Waals surface area contributed by atoms with Crippen molar-refractivity contribution in [3.8, 4) is 5.69 Å². The number of benzene rings is 1. The first-order chi connectivity index (χ1) is 16.7. The molecule has 35 heavy (non-hydrogen) atoms. The van der Waals surface area contributed by atoms with E-state index >= 15 is 0 Å². The molecule has 2 N–H and O–H groups in total. The molecule has 2 saturated heterocycles.